The Hall–Kier alpha value is 0.180. The van der Waals surface area contributed by atoms with Gasteiger partial charge in [-0.2, -0.15) is 0 Å². The molecule has 0 aromatic heterocycles. The van der Waals surface area contributed by atoms with Crippen LogP contribution in [0.3, 0.4) is 0 Å². The van der Waals surface area contributed by atoms with Gasteiger partial charge in [0.25, 0.3) is 0 Å². The summed E-state index contributed by atoms with van der Waals surface area (Å²) in [6, 6.07) is 0. The van der Waals surface area contributed by atoms with E-state index in [1.165, 1.54) is 0 Å². The maximum absolute atomic E-state index is 12.2. The number of hydrogen-bond acceptors (Lipinski definition) is 8. The number of nitrogens with zero attached hydrogens (tertiary/aromatic N) is 1. The minimum Gasteiger partial charge on any atom is -0.325 e. The molecule has 0 spiro atoms. The molecule has 0 saturated heterocycles. The number of likely N-dealkylation sites (N-methyl/N-ethyl adjacent to an activating group) is 1. The fourth-order valence-corrected chi connectivity index (χ4v) is 4.09. The third kappa shape index (κ3) is 11.5. The van der Waals surface area contributed by atoms with E-state index < -0.39 is 15.6 Å². The van der Waals surface area contributed by atoms with Crippen LogP contribution >= 0.6 is 15.6 Å². The van der Waals surface area contributed by atoms with E-state index in [9.17, 15) is 9.13 Å². The van der Waals surface area contributed by atoms with Gasteiger partial charge in [0.2, 0.25) is 0 Å². The molecule has 0 rings (SSSR count). The molecule has 0 amide bonds. The van der Waals surface area contributed by atoms with Crippen LogP contribution in [0.25, 0.3) is 0 Å². The lowest BCUT2D eigenvalue weighted by Crippen LogP contribution is -2.44. The van der Waals surface area contributed by atoms with Crippen molar-refractivity contribution in [3.63, 3.8) is 0 Å². The molecule has 0 aromatic carbocycles. The summed E-state index contributed by atoms with van der Waals surface area (Å²) in [5.74, 6) is 0. The molecule has 0 atom stereocenters. The zero-order chi connectivity index (χ0) is 19.4. The molecule has 0 unspecified atom stereocenters. The van der Waals surface area contributed by atoms with Gasteiger partial charge in [0.1, 0.15) is 26.3 Å². The maximum atomic E-state index is 12.2. The third-order valence-corrected chi connectivity index (χ3v) is 6.34. The molecule has 25 heavy (non-hydrogen) atoms. The van der Waals surface area contributed by atoms with Crippen molar-refractivity contribution in [2.45, 2.75) is 27.7 Å². The lowest BCUT2D eigenvalue weighted by atomic mass is 10.4. The van der Waals surface area contributed by atoms with Crippen LogP contribution in [0.4, 0.5) is 0 Å². The second-order valence-electron chi connectivity index (χ2n) is 5.61. The molecule has 0 aliphatic carbocycles. The first-order valence-corrected chi connectivity index (χ1v) is 11.5. The maximum Gasteiger partial charge on any atom is 0.474 e. The first-order chi connectivity index (χ1) is 11.7. The Morgan fingerprint density at radius 2 is 0.880 bits per heavy atom. The Bertz CT molecular complexity index is 389. The molecular formula is C14H34NO8P2+. The van der Waals surface area contributed by atoms with E-state index in [1.54, 1.807) is 27.7 Å². The smallest absolute Gasteiger partial charge is 0.325 e. The molecule has 11 heteroatoms. The van der Waals surface area contributed by atoms with Gasteiger partial charge in [-0.25, -0.2) is 9.13 Å². The second-order valence-corrected chi connectivity index (χ2v) is 8.95. The summed E-state index contributed by atoms with van der Waals surface area (Å²) in [6.45, 7) is 9.34. The molecule has 0 heterocycles. The van der Waals surface area contributed by atoms with Crippen molar-refractivity contribution >= 4 is 15.6 Å². The van der Waals surface area contributed by atoms with Gasteiger partial charge in [-0.05, 0) is 27.7 Å². The fourth-order valence-electron chi connectivity index (χ4n) is 1.77. The van der Waals surface area contributed by atoms with Gasteiger partial charge in [0.15, 0.2) is 0 Å². The first-order valence-electron chi connectivity index (χ1n) is 8.55. The normalized spacial score (nSPS) is 13.4. The average Bonchev–Trinajstić information content (AvgIpc) is 2.47. The molecule has 0 fully saturated rings. The van der Waals surface area contributed by atoms with Crippen LogP contribution in [0.5, 0.6) is 0 Å². The summed E-state index contributed by atoms with van der Waals surface area (Å²) in [4.78, 5) is 0. The van der Waals surface area contributed by atoms with Gasteiger partial charge < -0.3 is 4.48 Å². The average molecular weight is 406 g/mol. The van der Waals surface area contributed by atoms with Gasteiger partial charge in [-0.3, -0.25) is 27.1 Å². The van der Waals surface area contributed by atoms with E-state index in [0.717, 1.165) is 0 Å². The Labute approximate surface area is 151 Å². The minimum atomic E-state index is -3.50. The quantitative estimate of drug-likeness (QED) is 0.284. The van der Waals surface area contributed by atoms with Crippen molar-refractivity contribution in [3.05, 3.63) is 0 Å². The Morgan fingerprint density at radius 1 is 0.600 bits per heavy atom. The van der Waals surface area contributed by atoms with E-state index >= 15 is 0 Å². The van der Waals surface area contributed by atoms with Gasteiger partial charge in [0, 0.05) is 0 Å². The molecule has 0 saturated carbocycles. The van der Waals surface area contributed by atoms with E-state index in [0.29, 0.717) is 17.6 Å². The molecule has 0 aliphatic rings. The standard InChI is InChI=1S/C14H34NO8P2/c1-7-18-24(16,19-8-2)22-13-11-15(5,6)12-14-23-25(17,20-9-3)21-10-4/h7-14H2,1-6H3/q+1. The van der Waals surface area contributed by atoms with Crippen LogP contribution in [-0.4, -0.2) is 71.3 Å². The highest BCUT2D eigenvalue weighted by molar-refractivity contribution is 7.48. The van der Waals surface area contributed by atoms with Gasteiger partial charge in [-0.1, -0.05) is 0 Å². The zero-order valence-electron chi connectivity index (χ0n) is 16.3. The number of hydrogen-bond donors (Lipinski definition) is 0. The molecule has 0 N–H and O–H groups in total. The highest BCUT2D eigenvalue weighted by Crippen LogP contribution is 2.49. The number of rotatable bonds is 16. The van der Waals surface area contributed by atoms with Crippen molar-refractivity contribution < 1.29 is 40.8 Å². The van der Waals surface area contributed by atoms with Gasteiger partial charge in [-0.15, -0.1) is 0 Å². The molecule has 0 bridgehead atoms. The Morgan fingerprint density at radius 3 is 1.12 bits per heavy atom. The molecule has 0 radical (unpaired) electrons. The van der Waals surface area contributed by atoms with Crippen LogP contribution in [-0.2, 0) is 36.3 Å². The van der Waals surface area contributed by atoms with Crippen LogP contribution < -0.4 is 0 Å². The zero-order valence-corrected chi connectivity index (χ0v) is 18.1. The van der Waals surface area contributed by atoms with E-state index in [1.807, 2.05) is 14.1 Å². The van der Waals surface area contributed by atoms with E-state index in [-0.39, 0.29) is 39.6 Å². The highest BCUT2D eigenvalue weighted by Gasteiger charge is 2.29. The largest absolute Gasteiger partial charge is 0.474 e. The predicted molar refractivity (Wildman–Crippen MR) is 95.5 cm³/mol. The SMILES string of the molecule is CCOP(=O)(OCC)OCC[N+](C)(C)CCOP(=O)(OCC)OCC. The molecular weight excluding hydrogens is 372 g/mol. The van der Waals surface area contributed by atoms with Crippen molar-refractivity contribution in [1.29, 1.82) is 0 Å². The molecule has 152 valence electrons. The summed E-state index contributed by atoms with van der Waals surface area (Å²) in [5, 5.41) is 0. The molecule has 0 aromatic rings. The summed E-state index contributed by atoms with van der Waals surface area (Å²) < 4.78 is 55.9. The number of phosphoric ester groups is 2. The van der Waals surface area contributed by atoms with Crippen molar-refractivity contribution in [2.75, 3.05) is 66.8 Å². The monoisotopic (exact) mass is 406 g/mol. The fraction of sp³-hybridized carbons (Fsp3) is 1.00. The minimum absolute atomic E-state index is 0.193. The number of phosphoric acid groups is 2. The van der Waals surface area contributed by atoms with Crippen LogP contribution in [0.15, 0.2) is 0 Å². The van der Waals surface area contributed by atoms with E-state index in [4.69, 9.17) is 27.1 Å². The summed E-state index contributed by atoms with van der Waals surface area (Å²) in [5.41, 5.74) is 0. The van der Waals surface area contributed by atoms with Crippen LogP contribution in [0.1, 0.15) is 27.7 Å². The lowest BCUT2D eigenvalue weighted by molar-refractivity contribution is -0.890. The van der Waals surface area contributed by atoms with Crippen LogP contribution in [0.2, 0.25) is 0 Å². The third-order valence-electron chi connectivity index (χ3n) is 3.04. The summed E-state index contributed by atoms with van der Waals surface area (Å²) in [7, 11) is -3.10. The summed E-state index contributed by atoms with van der Waals surface area (Å²) in [6.07, 6.45) is 0. The van der Waals surface area contributed by atoms with Gasteiger partial charge in [0.05, 0.1) is 40.5 Å². The lowest BCUT2D eigenvalue weighted by Gasteiger charge is -2.30. The Balaban J connectivity index is 4.36. The van der Waals surface area contributed by atoms with Crippen molar-refractivity contribution in [1.82, 2.24) is 0 Å². The Kier molecular flexibility index (Phi) is 12.6. The second kappa shape index (κ2) is 12.5. The highest BCUT2D eigenvalue weighted by atomic mass is 31.2. The molecule has 0 aliphatic heterocycles. The van der Waals surface area contributed by atoms with Crippen molar-refractivity contribution in [2.24, 2.45) is 0 Å². The van der Waals surface area contributed by atoms with Gasteiger partial charge >= 0.3 is 15.6 Å². The topological polar surface area (TPSA) is 89.5 Å². The van der Waals surface area contributed by atoms with Crippen LogP contribution in [0, 0.1) is 0 Å². The van der Waals surface area contributed by atoms with Crippen molar-refractivity contribution in [3.8, 4) is 0 Å². The van der Waals surface area contributed by atoms with E-state index in [2.05, 4.69) is 0 Å². The molecule has 9 nitrogen and oxygen atoms in total. The summed E-state index contributed by atoms with van der Waals surface area (Å²) >= 11 is 0. The number of quaternary nitrogens is 1. The first kappa shape index (κ1) is 25.2. The predicted octanol–water partition coefficient (Wildman–Crippen LogP) is 3.46.